The van der Waals surface area contributed by atoms with Crippen molar-refractivity contribution in [2.45, 2.75) is 45.4 Å². The molecule has 1 aromatic carbocycles. The third-order valence-corrected chi connectivity index (χ3v) is 5.05. The van der Waals surface area contributed by atoms with Crippen LogP contribution in [0.1, 0.15) is 44.6 Å². The van der Waals surface area contributed by atoms with E-state index in [0.29, 0.717) is 11.8 Å². The van der Waals surface area contributed by atoms with E-state index in [0.717, 1.165) is 50.8 Å². The van der Waals surface area contributed by atoms with Gasteiger partial charge in [-0.2, -0.15) is 0 Å². The number of likely N-dealkylation sites (tertiary alicyclic amines) is 1. The maximum atomic E-state index is 13.2. The summed E-state index contributed by atoms with van der Waals surface area (Å²) in [6.07, 6.45) is 6.35. The van der Waals surface area contributed by atoms with E-state index in [1.54, 1.807) is 12.1 Å². The molecule has 2 aliphatic rings. The minimum Gasteiger partial charge on any atom is -0.342 e. The van der Waals surface area contributed by atoms with Gasteiger partial charge in [-0.25, -0.2) is 4.39 Å². The third-order valence-electron chi connectivity index (χ3n) is 5.05. The van der Waals surface area contributed by atoms with Gasteiger partial charge in [0.2, 0.25) is 5.91 Å². The molecule has 1 aliphatic carbocycles. The van der Waals surface area contributed by atoms with Gasteiger partial charge in [-0.1, -0.05) is 19.1 Å². The molecular weight excluding hydrogens is 265 g/mol. The third kappa shape index (κ3) is 3.45. The largest absolute Gasteiger partial charge is 0.342 e. The number of nitrogens with zero attached hydrogens (tertiary/aromatic N) is 1. The lowest BCUT2D eigenvalue weighted by molar-refractivity contribution is -0.138. The minimum absolute atomic E-state index is 0.0511. The summed E-state index contributed by atoms with van der Waals surface area (Å²) in [6.45, 7) is 3.90. The van der Waals surface area contributed by atoms with E-state index in [2.05, 4.69) is 11.8 Å². The number of amides is 1. The Hall–Kier alpha value is -1.38. The van der Waals surface area contributed by atoms with Gasteiger partial charge < -0.3 is 4.90 Å². The summed E-state index contributed by atoms with van der Waals surface area (Å²) in [6, 6.07) is 6.87. The van der Waals surface area contributed by atoms with Crippen molar-refractivity contribution in [3.8, 4) is 0 Å². The van der Waals surface area contributed by atoms with E-state index in [1.165, 1.54) is 12.5 Å². The molecule has 0 bridgehead atoms. The number of rotatable bonds is 4. The van der Waals surface area contributed by atoms with Crippen LogP contribution in [0.5, 0.6) is 0 Å². The van der Waals surface area contributed by atoms with Crippen molar-refractivity contribution in [3.63, 3.8) is 0 Å². The van der Waals surface area contributed by atoms with Crippen LogP contribution >= 0.6 is 0 Å². The molecule has 1 aromatic rings. The van der Waals surface area contributed by atoms with Gasteiger partial charge in [0.25, 0.3) is 0 Å². The fourth-order valence-electron chi connectivity index (χ4n) is 3.33. The quantitative estimate of drug-likeness (QED) is 0.825. The zero-order valence-electron chi connectivity index (χ0n) is 12.8. The molecule has 3 rings (SSSR count). The first kappa shape index (κ1) is 14.6. The van der Waals surface area contributed by atoms with Crippen LogP contribution in [0.15, 0.2) is 24.3 Å². The summed E-state index contributed by atoms with van der Waals surface area (Å²) in [5, 5.41) is 0. The van der Waals surface area contributed by atoms with Crippen molar-refractivity contribution >= 4 is 5.91 Å². The van der Waals surface area contributed by atoms with E-state index >= 15 is 0 Å². The lowest BCUT2D eigenvalue weighted by Crippen LogP contribution is -2.43. The second-order valence-electron chi connectivity index (χ2n) is 6.99. The molecule has 2 fully saturated rings. The van der Waals surface area contributed by atoms with Crippen LogP contribution in [0.4, 0.5) is 4.39 Å². The SMILES string of the molecule is CC1(C(=O)N2CCC[C@H](CCc3cccc(F)c3)C2)CC1. The van der Waals surface area contributed by atoms with Crippen molar-refractivity contribution in [2.75, 3.05) is 13.1 Å². The fourth-order valence-corrected chi connectivity index (χ4v) is 3.33. The average Bonchev–Trinajstić information content (AvgIpc) is 3.24. The number of aryl methyl sites for hydroxylation is 1. The van der Waals surface area contributed by atoms with E-state index in [4.69, 9.17) is 0 Å². The molecule has 114 valence electrons. The Morgan fingerprint density at radius 2 is 2.24 bits per heavy atom. The van der Waals surface area contributed by atoms with Crippen LogP contribution in [-0.2, 0) is 11.2 Å². The van der Waals surface area contributed by atoms with Crippen molar-refractivity contribution in [1.82, 2.24) is 4.90 Å². The Morgan fingerprint density at radius 1 is 1.43 bits per heavy atom. The van der Waals surface area contributed by atoms with Crippen LogP contribution in [0.25, 0.3) is 0 Å². The van der Waals surface area contributed by atoms with Gasteiger partial charge in [-0.15, -0.1) is 0 Å². The molecule has 0 unspecified atom stereocenters. The molecule has 3 heteroatoms. The monoisotopic (exact) mass is 289 g/mol. The van der Waals surface area contributed by atoms with Crippen LogP contribution in [0.2, 0.25) is 0 Å². The van der Waals surface area contributed by atoms with Gasteiger partial charge in [0, 0.05) is 18.5 Å². The van der Waals surface area contributed by atoms with Crippen molar-refractivity contribution in [1.29, 1.82) is 0 Å². The molecule has 1 aliphatic heterocycles. The molecule has 1 atom stereocenters. The molecule has 1 amide bonds. The maximum Gasteiger partial charge on any atom is 0.228 e. The molecular formula is C18H24FNO. The van der Waals surface area contributed by atoms with Crippen LogP contribution in [0, 0.1) is 17.2 Å². The summed E-state index contributed by atoms with van der Waals surface area (Å²) >= 11 is 0. The lowest BCUT2D eigenvalue weighted by atomic mass is 9.91. The van der Waals surface area contributed by atoms with Crippen LogP contribution < -0.4 is 0 Å². The van der Waals surface area contributed by atoms with Gasteiger partial charge in [-0.05, 0) is 62.1 Å². The predicted octanol–water partition coefficient (Wildman–Crippen LogP) is 3.80. The van der Waals surface area contributed by atoms with Crippen LogP contribution in [0.3, 0.4) is 0 Å². The average molecular weight is 289 g/mol. The Labute approximate surface area is 126 Å². The number of carbonyl (C=O) groups is 1. The first-order valence-corrected chi connectivity index (χ1v) is 8.11. The molecule has 1 heterocycles. The number of piperidine rings is 1. The first-order valence-electron chi connectivity index (χ1n) is 8.11. The first-order chi connectivity index (χ1) is 10.1. The molecule has 1 saturated carbocycles. The molecule has 21 heavy (non-hydrogen) atoms. The zero-order valence-corrected chi connectivity index (χ0v) is 12.8. The predicted molar refractivity (Wildman–Crippen MR) is 81.4 cm³/mol. The Balaban J connectivity index is 1.53. The van der Waals surface area contributed by atoms with Gasteiger partial charge in [0.15, 0.2) is 0 Å². The lowest BCUT2D eigenvalue weighted by Gasteiger charge is -2.34. The van der Waals surface area contributed by atoms with Gasteiger partial charge in [0.05, 0.1) is 0 Å². The summed E-state index contributed by atoms with van der Waals surface area (Å²) in [7, 11) is 0. The second-order valence-corrected chi connectivity index (χ2v) is 6.99. The summed E-state index contributed by atoms with van der Waals surface area (Å²) in [5.41, 5.74) is 1.01. The van der Waals surface area contributed by atoms with E-state index < -0.39 is 0 Å². The smallest absolute Gasteiger partial charge is 0.228 e. The topological polar surface area (TPSA) is 20.3 Å². The number of benzene rings is 1. The number of hydrogen-bond acceptors (Lipinski definition) is 1. The van der Waals surface area contributed by atoms with Gasteiger partial charge in [0.1, 0.15) is 5.82 Å². The Bertz CT molecular complexity index is 524. The van der Waals surface area contributed by atoms with E-state index in [1.807, 2.05) is 6.07 Å². The molecule has 0 spiro atoms. The summed E-state index contributed by atoms with van der Waals surface area (Å²) < 4.78 is 13.2. The highest BCUT2D eigenvalue weighted by atomic mass is 19.1. The van der Waals surface area contributed by atoms with E-state index in [-0.39, 0.29) is 11.2 Å². The highest BCUT2D eigenvalue weighted by Gasteiger charge is 2.47. The van der Waals surface area contributed by atoms with Crippen molar-refractivity contribution < 1.29 is 9.18 Å². The zero-order chi connectivity index (χ0) is 14.9. The molecule has 0 radical (unpaired) electrons. The fraction of sp³-hybridized carbons (Fsp3) is 0.611. The standard InChI is InChI=1S/C18H24FNO/c1-18(9-10-18)17(21)20-11-3-5-15(13-20)8-7-14-4-2-6-16(19)12-14/h2,4,6,12,15H,3,5,7-11,13H2,1H3/t15-/m1/s1. The molecule has 1 saturated heterocycles. The highest BCUT2D eigenvalue weighted by Crippen LogP contribution is 2.47. The number of carbonyl (C=O) groups excluding carboxylic acids is 1. The maximum absolute atomic E-state index is 13.2. The molecule has 2 nitrogen and oxygen atoms in total. The summed E-state index contributed by atoms with van der Waals surface area (Å²) in [5.74, 6) is 0.765. The van der Waals surface area contributed by atoms with Gasteiger partial charge in [-0.3, -0.25) is 4.79 Å². The molecule has 0 N–H and O–H groups in total. The van der Waals surface area contributed by atoms with Crippen molar-refractivity contribution in [3.05, 3.63) is 35.6 Å². The second kappa shape index (κ2) is 5.78. The van der Waals surface area contributed by atoms with Crippen LogP contribution in [-0.4, -0.2) is 23.9 Å². The highest BCUT2D eigenvalue weighted by molar-refractivity contribution is 5.85. The Morgan fingerprint density at radius 3 is 2.95 bits per heavy atom. The van der Waals surface area contributed by atoms with Crippen molar-refractivity contribution in [2.24, 2.45) is 11.3 Å². The normalized spacial score (nSPS) is 23.9. The van der Waals surface area contributed by atoms with E-state index in [9.17, 15) is 9.18 Å². The van der Waals surface area contributed by atoms with Gasteiger partial charge >= 0.3 is 0 Å². The number of halogens is 1. The number of hydrogen-bond donors (Lipinski definition) is 0. The Kier molecular flexibility index (Phi) is 4.01. The molecule has 0 aromatic heterocycles. The minimum atomic E-state index is -0.158. The summed E-state index contributed by atoms with van der Waals surface area (Å²) in [4.78, 5) is 14.5.